The fraction of sp³-hybridized carbons (Fsp3) is 0.985. The Bertz CT molecular complexity index is 1730. The Morgan fingerprint density at radius 2 is 0.296 bits per heavy atom. The first-order valence-electron chi connectivity index (χ1n) is 38.6. The van der Waals surface area contributed by atoms with E-state index in [0.717, 1.165) is 169 Å². The summed E-state index contributed by atoms with van der Waals surface area (Å²) in [6, 6.07) is 17.7. The lowest BCUT2D eigenvalue weighted by molar-refractivity contribution is -0.145. The highest BCUT2D eigenvalue weighted by Gasteiger charge is 2.49. The van der Waals surface area contributed by atoms with Gasteiger partial charge < -0.3 is 124 Å². The smallest absolute Gasteiger partial charge is 0.465 e. The minimum absolute atomic E-state index is 0.269. The number of hydrogen-bond acceptors (Lipinski definition) is 29. The van der Waals surface area contributed by atoms with Crippen molar-refractivity contribution in [3.8, 4) is 0 Å². The Labute approximate surface area is 668 Å². The zero-order valence-electron chi connectivity index (χ0n) is 73.0. The Kier molecular flexibility index (Phi) is 57.7. The van der Waals surface area contributed by atoms with Crippen molar-refractivity contribution in [1.29, 1.82) is 0 Å². The van der Waals surface area contributed by atoms with Crippen LogP contribution < -0.4 is 0 Å². The van der Waals surface area contributed by atoms with Gasteiger partial charge in [0.15, 0.2) is 0 Å². The molecule has 0 heterocycles. The van der Waals surface area contributed by atoms with E-state index in [-0.39, 0.29) is 12.6 Å². The summed E-state index contributed by atoms with van der Waals surface area (Å²) >= 11 is 0. The van der Waals surface area contributed by atoms with Crippen LogP contribution in [0.3, 0.4) is 0 Å². The van der Waals surface area contributed by atoms with Crippen LogP contribution in [0.2, 0.25) is 127 Å². The normalized spacial score (nSPS) is 13.9. The number of esters is 1. The first-order chi connectivity index (χ1) is 51.5. The maximum Gasteiger partial charge on any atom is 0.500 e. The van der Waals surface area contributed by atoms with Crippen LogP contribution >= 0.6 is 0 Å². The van der Waals surface area contributed by atoms with E-state index >= 15 is 0 Å². The van der Waals surface area contributed by atoms with Gasteiger partial charge in [-0.15, -0.1) is 0 Å². The average Bonchev–Trinajstić information content (AvgIpc) is 0.824. The van der Waals surface area contributed by atoms with Crippen molar-refractivity contribution >= 4 is 109 Å². The van der Waals surface area contributed by atoms with Crippen LogP contribution in [0.5, 0.6) is 0 Å². The van der Waals surface area contributed by atoms with Gasteiger partial charge in [-0.05, 0) is 19.3 Å². The minimum atomic E-state index is -2.99. The van der Waals surface area contributed by atoms with E-state index in [1.807, 2.05) is 0 Å². The molecule has 0 aliphatic rings. The molecule has 0 rings (SSSR count). The van der Waals surface area contributed by atoms with Crippen molar-refractivity contribution < 1.29 is 129 Å². The van der Waals surface area contributed by atoms with Crippen molar-refractivity contribution in [3.05, 3.63) is 0 Å². The number of carbonyl (C=O) groups excluding carboxylic acids is 1. The second kappa shape index (κ2) is 57.2. The molecule has 0 aromatic carbocycles. The number of rotatable bonds is 77. The van der Waals surface area contributed by atoms with E-state index in [4.69, 9.17) is 124 Å². The molecule has 0 amide bonds. The van der Waals surface area contributed by atoms with E-state index in [9.17, 15) is 4.79 Å². The van der Waals surface area contributed by atoms with Gasteiger partial charge >= 0.3 is 85.2 Å². The molecule has 648 valence electrons. The fourth-order valence-electron chi connectivity index (χ4n) is 16.7. The second-order valence-electron chi connectivity index (χ2n) is 28.7. The molecule has 0 saturated heterocycles. The fourth-order valence-corrected chi connectivity index (χ4v) is 51.0. The third-order valence-corrected chi connectivity index (χ3v) is 66.4. The van der Waals surface area contributed by atoms with Crippen LogP contribution in [-0.2, 0) is 129 Å². The molecule has 0 aromatic heterocycles. The molecular formula is C67H158O29Si12. The molecule has 0 atom stereocenters. The lowest BCUT2D eigenvalue weighted by Crippen LogP contribution is -2.45. The summed E-state index contributed by atoms with van der Waals surface area (Å²) in [5.74, 6) is -0.306. The Morgan fingerprint density at radius 1 is 0.185 bits per heavy atom. The zero-order valence-corrected chi connectivity index (χ0v) is 85.0. The molecule has 0 aliphatic heterocycles. The molecule has 0 N–H and O–H groups in total. The van der Waals surface area contributed by atoms with Gasteiger partial charge in [0.05, 0.1) is 30.8 Å². The molecule has 41 heteroatoms. The van der Waals surface area contributed by atoms with Gasteiger partial charge in [0.25, 0.3) is 0 Å². The van der Waals surface area contributed by atoms with E-state index in [0.29, 0.717) is 54.4 Å². The Balaban J connectivity index is 9.46. The summed E-state index contributed by atoms with van der Waals surface area (Å²) < 4.78 is 171. The minimum Gasteiger partial charge on any atom is -0.465 e. The molecule has 0 spiro atoms. The van der Waals surface area contributed by atoms with Crippen molar-refractivity contribution in [1.82, 2.24) is 0 Å². The standard InChI is InChI=1S/C67H158O29Si12/c1-66(68)96-65-67(41-29-44-97(47-32-56-100(69-2,70-3)71-4,48-33-57-101(72-5,73-6)74-7)49-34-58-102(75-8,76-9)77-10,42-30-45-98(50-35-59-103(78-11,79-12)80-13,51-36-60-104(81-14,82-15)83-16)52-37-61-105(84-17,85-18)86-19)43-31-46-99(53-38-62-106(87-20,88-21)89-22,54-39-63-107(90-23,91-24)92-25)55-40-64-108(93-26,94-27)95-28/h29-65H2,1-28H3. The largest absolute Gasteiger partial charge is 0.500 e. The highest BCUT2D eigenvalue weighted by atomic mass is 28.4. The molecule has 0 aromatic rings. The molecule has 0 saturated carbocycles. The molecule has 0 aliphatic carbocycles. The predicted molar refractivity (Wildman–Crippen MR) is 448 cm³/mol. The van der Waals surface area contributed by atoms with Crippen molar-refractivity contribution in [2.45, 2.75) is 230 Å². The van der Waals surface area contributed by atoms with Crippen LogP contribution in [-0.4, -0.2) is 308 Å². The third-order valence-electron chi connectivity index (χ3n) is 23.9. The number of carbonyl (C=O) groups is 1. The van der Waals surface area contributed by atoms with Gasteiger partial charge in [-0.2, -0.15) is 0 Å². The van der Waals surface area contributed by atoms with Gasteiger partial charge in [-0.1, -0.05) is 150 Å². The first kappa shape index (κ1) is 109. The quantitative estimate of drug-likeness (QED) is 0.0404. The van der Waals surface area contributed by atoms with Crippen molar-refractivity contribution in [2.24, 2.45) is 5.41 Å². The second-order valence-corrected chi connectivity index (χ2v) is 71.5. The van der Waals surface area contributed by atoms with Crippen LogP contribution in [0.1, 0.15) is 103 Å². The van der Waals surface area contributed by atoms with E-state index in [1.165, 1.54) is 0 Å². The van der Waals surface area contributed by atoms with Gasteiger partial charge in [0.2, 0.25) is 0 Å². The zero-order chi connectivity index (χ0) is 82.0. The molecule has 0 unspecified atom stereocenters. The maximum atomic E-state index is 13.8. The van der Waals surface area contributed by atoms with Gasteiger partial charge in [0.1, 0.15) is 0 Å². The lowest BCUT2D eigenvalue weighted by Gasteiger charge is -2.40. The van der Waals surface area contributed by atoms with Crippen molar-refractivity contribution in [2.75, 3.05) is 199 Å². The van der Waals surface area contributed by atoms with E-state index in [1.54, 1.807) is 199 Å². The third kappa shape index (κ3) is 35.5. The van der Waals surface area contributed by atoms with Gasteiger partial charge in [0, 0.05) is 259 Å². The lowest BCUT2D eigenvalue weighted by atomic mass is 9.76. The molecule has 0 bridgehead atoms. The molecule has 0 fully saturated rings. The van der Waals surface area contributed by atoms with Crippen LogP contribution in [0.15, 0.2) is 0 Å². The summed E-state index contributed by atoms with van der Waals surface area (Å²) in [6.45, 7) is 1.81. The van der Waals surface area contributed by atoms with Gasteiger partial charge in [-0.25, -0.2) is 0 Å². The highest BCUT2D eigenvalue weighted by molar-refractivity contribution is 6.81. The summed E-state index contributed by atoms with van der Waals surface area (Å²) in [4.78, 5) is 13.8. The number of ether oxygens (including phenoxy) is 1. The van der Waals surface area contributed by atoms with Crippen molar-refractivity contribution in [3.63, 3.8) is 0 Å². The highest BCUT2D eigenvalue weighted by Crippen LogP contribution is 2.47. The Hall–Kier alpha value is 0.993. The topological polar surface area (TPSA) is 276 Å². The summed E-state index contributed by atoms with van der Waals surface area (Å²) in [7, 11) is 11.4. The first-order valence-corrected chi connectivity index (χ1v) is 64.4. The summed E-state index contributed by atoms with van der Waals surface area (Å²) in [5.41, 5.74) is -0.456. The number of hydrogen-bond donors (Lipinski definition) is 0. The molecule has 29 nitrogen and oxygen atoms in total. The van der Waals surface area contributed by atoms with Crippen LogP contribution in [0.4, 0.5) is 0 Å². The predicted octanol–water partition coefficient (Wildman–Crippen LogP) is 13.6. The summed E-state index contributed by atoms with van der Waals surface area (Å²) in [6.07, 6.45) is 12.7. The average molecular weight is 1770 g/mol. The Morgan fingerprint density at radius 3 is 0.398 bits per heavy atom. The van der Waals surface area contributed by atoms with E-state index < -0.39 is 109 Å². The monoisotopic (exact) mass is 1760 g/mol. The van der Waals surface area contributed by atoms with E-state index in [2.05, 4.69) is 0 Å². The SMILES string of the molecule is CO[Si](CCC[Si](CCCC(CCC[Si](CCC[Si](OC)(OC)OC)(CCC[Si](OC)(OC)OC)CCC[Si](OC)(OC)OC)(CCC[Si](CCC[Si](OC)(OC)OC)(CCC[Si](OC)(OC)OC)CCC[Si](OC)(OC)OC)COC(C)=O)(CCC[Si](OC)(OC)OC)CCC[Si](OC)(OC)OC)(OC)OC. The maximum absolute atomic E-state index is 13.8. The van der Waals surface area contributed by atoms with Crippen LogP contribution in [0, 0.1) is 5.41 Å². The molecule has 108 heavy (non-hydrogen) atoms. The molecule has 0 radical (unpaired) electrons. The summed E-state index contributed by atoms with van der Waals surface area (Å²) in [5, 5.41) is 0. The van der Waals surface area contributed by atoms with Crippen LogP contribution in [0.25, 0.3) is 0 Å². The van der Waals surface area contributed by atoms with Gasteiger partial charge in [-0.3, -0.25) is 4.79 Å². The molecular weight excluding hydrogens is 1610 g/mol.